The van der Waals surface area contributed by atoms with E-state index >= 15 is 0 Å². The van der Waals surface area contributed by atoms with E-state index in [0.717, 1.165) is 18.4 Å². The van der Waals surface area contributed by atoms with Gasteiger partial charge < -0.3 is 20.2 Å². The van der Waals surface area contributed by atoms with Gasteiger partial charge in [-0.1, -0.05) is 13.0 Å². The van der Waals surface area contributed by atoms with E-state index in [2.05, 4.69) is 0 Å². The Morgan fingerprint density at radius 3 is 2.80 bits per heavy atom. The van der Waals surface area contributed by atoms with Gasteiger partial charge in [0.15, 0.2) is 11.5 Å². The van der Waals surface area contributed by atoms with Crippen molar-refractivity contribution in [1.29, 1.82) is 0 Å². The summed E-state index contributed by atoms with van der Waals surface area (Å²) in [5, 5.41) is 28.0. The number of likely N-dealkylation sites (tertiary alicyclic amines) is 1. The maximum Gasteiger partial charge on any atom is 0.226 e. The first-order valence-electron chi connectivity index (χ1n) is 6.95. The molecule has 1 aliphatic heterocycles. The smallest absolute Gasteiger partial charge is 0.226 e. The number of aromatic hydroxyl groups is 2. The van der Waals surface area contributed by atoms with Crippen LogP contribution in [0.25, 0.3) is 0 Å². The topological polar surface area (TPSA) is 81.0 Å². The number of hydrogen-bond donors (Lipinski definition) is 3. The van der Waals surface area contributed by atoms with Crippen LogP contribution in [-0.4, -0.2) is 45.3 Å². The fourth-order valence-corrected chi connectivity index (χ4v) is 2.74. The van der Waals surface area contributed by atoms with Crippen molar-refractivity contribution in [2.75, 3.05) is 13.2 Å². The average Bonchev–Trinajstić information content (AvgIpc) is 2.90. The summed E-state index contributed by atoms with van der Waals surface area (Å²) in [5.41, 5.74) is 0.806. The zero-order valence-electron chi connectivity index (χ0n) is 11.6. The maximum absolute atomic E-state index is 12.4. The highest BCUT2D eigenvalue weighted by Crippen LogP contribution is 2.27. The Kier molecular flexibility index (Phi) is 4.49. The van der Waals surface area contributed by atoms with E-state index in [9.17, 15) is 20.1 Å². The van der Waals surface area contributed by atoms with E-state index in [0.29, 0.717) is 13.0 Å². The number of amides is 1. The monoisotopic (exact) mass is 279 g/mol. The number of benzene rings is 1. The Bertz CT molecular complexity index is 489. The molecule has 20 heavy (non-hydrogen) atoms. The van der Waals surface area contributed by atoms with Gasteiger partial charge in [0.2, 0.25) is 5.91 Å². The quantitative estimate of drug-likeness (QED) is 0.725. The lowest BCUT2D eigenvalue weighted by atomic mass is 9.99. The highest BCUT2D eigenvalue weighted by molar-refractivity contribution is 5.79. The molecule has 0 bridgehead atoms. The second-order valence-corrected chi connectivity index (χ2v) is 5.44. The van der Waals surface area contributed by atoms with Crippen LogP contribution >= 0.6 is 0 Å². The molecule has 1 heterocycles. The van der Waals surface area contributed by atoms with Crippen molar-refractivity contribution in [1.82, 2.24) is 4.90 Å². The molecule has 2 unspecified atom stereocenters. The molecule has 1 aromatic rings. The first-order valence-corrected chi connectivity index (χ1v) is 6.95. The SMILES string of the molecule is CC(Cc1ccc(O)c(O)c1)C(=O)N1CCCC1CO. The standard InChI is InChI=1S/C15H21NO4/c1-10(7-11-4-5-13(18)14(19)8-11)15(20)16-6-2-3-12(16)9-17/h4-5,8,10,12,17-19H,2-3,6-7,9H2,1H3. The Morgan fingerprint density at radius 1 is 1.40 bits per heavy atom. The number of carbonyl (C=O) groups excluding carboxylic acids is 1. The highest BCUT2D eigenvalue weighted by Gasteiger charge is 2.30. The summed E-state index contributed by atoms with van der Waals surface area (Å²) in [6.07, 6.45) is 2.29. The van der Waals surface area contributed by atoms with Gasteiger partial charge in [0.25, 0.3) is 0 Å². The molecule has 1 amide bonds. The Balaban J connectivity index is 2.02. The number of aliphatic hydroxyl groups excluding tert-OH is 1. The number of phenols is 2. The van der Waals surface area contributed by atoms with Gasteiger partial charge in [-0.25, -0.2) is 0 Å². The predicted octanol–water partition coefficient (Wildman–Crippen LogP) is 1.26. The second kappa shape index (κ2) is 6.13. The average molecular weight is 279 g/mol. The van der Waals surface area contributed by atoms with E-state index < -0.39 is 0 Å². The van der Waals surface area contributed by atoms with E-state index in [1.807, 2.05) is 6.92 Å². The summed E-state index contributed by atoms with van der Waals surface area (Å²) >= 11 is 0. The third-order valence-corrected chi connectivity index (χ3v) is 3.87. The van der Waals surface area contributed by atoms with Gasteiger partial charge in [-0.05, 0) is 37.0 Å². The van der Waals surface area contributed by atoms with Crippen LogP contribution in [0, 0.1) is 5.92 Å². The summed E-state index contributed by atoms with van der Waals surface area (Å²) in [5.74, 6) is -0.510. The number of carbonyl (C=O) groups is 1. The lowest BCUT2D eigenvalue weighted by Gasteiger charge is -2.26. The summed E-state index contributed by atoms with van der Waals surface area (Å²) in [7, 11) is 0. The van der Waals surface area contributed by atoms with Crippen LogP contribution < -0.4 is 0 Å². The Labute approximate surface area is 118 Å². The number of hydrogen-bond acceptors (Lipinski definition) is 4. The molecule has 2 atom stereocenters. The van der Waals surface area contributed by atoms with E-state index in [1.165, 1.54) is 12.1 Å². The Morgan fingerprint density at radius 2 is 2.15 bits per heavy atom. The van der Waals surface area contributed by atoms with Crippen molar-refractivity contribution >= 4 is 5.91 Å². The fraction of sp³-hybridized carbons (Fsp3) is 0.533. The summed E-state index contributed by atoms with van der Waals surface area (Å²) in [4.78, 5) is 14.1. The molecule has 0 spiro atoms. The van der Waals surface area contributed by atoms with Crippen molar-refractivity contribution in [2.24, 2.45) is 5.92 Å². The van der Waals surface area contributed by atoms with Gasteiger partial charge in [0.1, 0.15) is 0 Å². The predicted molar refractivity (Wildman–Crippen MR) is 74.5 cm³/mol. The van der Waals surface area contributed by atoms with E-state index in [-0.39, 0.29) is 36.0 Å². The molecule has 0 saturated carbocycles. The first kappa shape index (κ1) is 14.7. The maximum atomic E-state index is 12.4. The summed E-state index contributed by atoms with van der Waals surface area (Å²) < 4.78 is 0. The molecule has 1 fully saturated rings. The van der Waals surface area contributed by atoms with Gasteiger partial charge in [-0.15, -0.1) is 0 Å². The van der Waals surface area contributed by atoms with Crippen LogP contribution in [0.4, 0.5) is 0 Å². The number of aliphatic hydroxyl groups is 1. The minimum absolute atomic E-state index is 0.0124. The summed E-state index contributed by atoms with van der Waals surface area (Å²) in [6, 6.07) is 4.55. The zero-order chi connectivity index (χ0) is 14.7. The van der Waals surface area contributed by atoms with Crippen LogP contribution in [0.3, 0.4) is 0 Å². The van der Waals surface area contributed by atoms with Gasteiger partial charge in [0.05, 0.1) is 12.6 Å². The van der Waals surface area contributed by atoms with Gasteiger partial charge >= 0.3 is 0 Å². The number of phenolic OH excluding ortho intramolecular Hbond substituents is 2. The molecular weight excluding hydrogens is 258 g/mol. The first-order chi connectivity index (χ1) is 9.52. The molecule has 1 aliphatic rings. The normalized spacial score (nSPS) is 20.1. The molecule has 110 valence electrons. The van der Waals surface area contributed by atoms with Crippen LogP contribution in [0.15, 0.2) is 18.2 Å². The fourth-order valence-electron chi connectivity index (χ4n) is 2.74. The molecule has 5 nitrogen and oxygen atoms in total. The van der Waals surface area contributed by atoms with Crippen LogP contribution in [0.5, 0.6) is 11.5 Å². The molecule has 0 radical (unpaired) electrons. The molecular formula is C15H21NO4. The molecule has 3 N–H and O–H groups in total. The minimum Gasteiger partial charge on any atom is -0.504 e. The van der Waals surface area contributed by atoms with Gasteiger partial charge in [0, 0.05) is 12.5 Å². The lowest BCUT2D eigenvalue weighted by Crippen LogP contribution is -2.41. The molecule has 5 heteroatoms. The third kappa shape index (κ3) is 3.04. The highest BCUT2D eigenvalue weighted by atomic mass is 16.3. The van der Waals surface area contributed by atoms with Crippen molar-refractivity contribution in [3.05, 3.63) is 23.8 Å². The molecule has 1 saturated heterocycles. The number of nitrogens with zero attached hydrogens (tertiary/aromatic N) is 1. The molecule has 0 aliphatic carbocycles. The third-order valence-electron chi connectivity index (χ3n) is 3.87. The van der Waals surface area contributed by atoms with E-state index in [1.54, 1.807) is 11.0 Å². The second-order valence-electron chi connectivity index (χ2n) is 5.44. The Hall–Kier alpha value is -1.75. The molecule has 1 aromatic carbocycles. The molecule has 2 rings (SSSR count). The van der Waals surface area contributed by atoms with Crippen LogP contribution in [-0.2, 0) is 11.2 Å². The van der Waals surface area contributed by atoms with Crippen LogP contribution in [0.1, 0.15) is 25.3 Å². The van der Waals surface area contributed by atoms with Crippen molar-refractivity contribution in [3.8, 4) is 11.5 Å². The zero-order valence-corrected chi connectivity index (χ0v) is 11.6. The van der Waals surface area contributed by atoms with Crippen molar-refractivity contribution in [2.45, 2.75) is 32.2 Å². The van der Waals surface area contributed by atoms with Gasteiger partial charge in [-0.3, -0.25) is 4.79 Å². The van der Waals surface area contributed by atoms with Crippen molar-refractivity contribution < 1.29 is 20.1 Å². The summed E-state index contributed by atoms with van der Waals surface area (Å²) in [6.45, 7) is 2.56. The van der Waals surface area contributed by atoms with Gasteiger partial charge in [-0.2, -0.15) is 0 Å². The van der Waals surface area contributed by atoms with Crippen molar-refractivity contribution in [3.63, 3.8) is 0 Å². The van der Waals surface area contributed by atoms with Crippen LogP contribution in [0.2, 0.25) is 0 Å². The molecule has 0 aromatic heterocycles. The van der Waals surface area contributed by atoms with E-state index in [4.69, 9.17) is 0 Å². The number of rotatable bonds is 4. The lowest BCUT2D eigenvalue weighted by molar-refractivity contribution is -0.136. The largest absolute Gasteiger partial charge is 0.504 e. The minimum atomic E-state index is -0.217.